The van der Waals surface area contributed by atoms with Crippen molar-refractivity contribution in [2.24, 2.45) is 0 Å². The van der Waals surface area contributed by atoms with E-state index >= 15 is 0 Å². The fourth-order valence-electron chi connectivity index (χ4n) is 5.32. The molecule has 0 atom stereocenters. The minimum Gasteiger partial charge on any atom is -0.380 e. The van der Waals surface area contributed by atoms with E-state index in [9.17, 15) is 4.79 Å². The van der Waals surface area contributed by atoms with Crippen molar-refractivity contribution in [2.75, 3.05) is 78.7 Å². The van der Waals surface area contributed by atoms with Crippen LogP contribution in [0.5, 0.6) is 0 Å². The largest absolute Gasteiger partial charge is 0.380 e. The SMILES string of the molecule is CC(C)N1CCN(CC(C)(C)N2CCN(C(C)(C)N3CCCOCC3)C(=O)C2)CC1. The van der Waals surface area contributed by atoms with Gasteiger partial charge in [-0.3, -0.25) is 24.4 Å². The molecule has 3 fully saturated rings. The Hall–Kier alpha value is -0.730. The maximum Gasteiger partial charge on any atom is 0.238 e. The van der Waals surface area contributed by atoms with Crippen molar-refractivity contribution in [1.29, 1.82) is 0 Å². The summed E-state index contributed by atoms with van der Waals surface area (Å²) in [5.74, 6) is 0.258. The fourth-order valence-corrected chi connectivity index (χ4v) is 5.32. The van der Waals surface area contributed by atoms with Crippen molar-refractivity contribution >= 4 is 5.91 Å². The normalized spacial score (nSPS) is 25.2. The topological polar surface area (TPSA) is 42.5 Å². The molecule has 1 amide bonds. The van der Waals surface area contributed by atoms with Crippen molar-refractivity contribution in [2.45, 2.75) is 65.2 Å². The van der Waals surface area contributed by atoms with Gasteiger partial charge in [0.15, 0.2) is 0 Å². The number of piperazine rings is 2. The third kappa shape index (κ3) is 5.54. The molecule has 174 valence electrons. The lowest BCUT2D eigenvalue weighted by atomic mass is 9.98. The monoisotopic (exact) mass is 423 g/mol. The first-order valence-corrected chi connectivity index (χ1v) is 12.0. The Morgan fingerprint density at radius 2 is 1.57 bits per heavy atom. The Balaban J connectivity index is 1.55. The van der Waals surface area contributed by atoms with Crippen LogP contribution in [0.15, 0.2) is 0 Å². The summed E-state index contributed by atoms with van der Waals surface area (Å²) in [5.41, 5.74) is -0.253. The van der Waals surface area contributed by atoms with Crippen LogP contribution in [0.3, 0.4) is 0 Å². The molecule has 0 bridgehead atoms. The van der Waals surface area contributed by atoms with Gasteiger partial charge in [-0.2, -0.15) is 0 Å². The summed E-state index contributed by atoms with van der Waals surface area (Å²) in [5, 5.41) is 0. The highest BCUT2D eigenvalue weighted by atomic mass is 16.5. The first-order valence-electron chi connectivity index (χ1n) is 12.0. The van der Waals surface area contributed by atoms with Crippen LogP contribution in [0.4, 0.5) is 0 Å². The van der Waals surface area contributed by atoms with Crippen LogP contribution in [0.2, 0.25) is 0 Å². The molecule has 30 heavy (non-hydrogen) atoms. The van der Waals surface area contributed by atoms with Gasteiger partial charge in [0.05, 0.1) is 18.8 Å². The van der Waals surface area contributed by atoms with E-state index in [0.29, 0.717) is 12.6 Å². The van der Waals surface area contributed by atoms with Gasteiger partial charge < -0.3 is 9.64 Å². The predicted molar refractivity (Wildman–Crippen MR) is 122 cm³/mol. The fraction of sp³-hybridized carbons (Fsp3) is 0.957. The van der Waals surface area contributed by atoms with Crippen LogP contribution >= 0.6 is 0 Å². The number of carbonyl (C=O) groups excluding carboxylic acids is 1. The van der Waals surface area contributed by atoms with E-state index in [1.165, 1.54) is 0 Å². The zero-order valence-corrected chi connectivity index (χ0v) is 20.3. The summed E-state index contributed by atoms with van der Waals surface area (Å²) in [6, 6.07) is 0.630. The van der Waals surface area contributed by atoms with Gasteiger partial charge in [0.25, 0.3) is 0 Å². The van der Waals surface area contributed by atoms with Gasteiger partial charge in [-0.05, 0) is 48.0 Å². The lowest BCUT2D eigenvalue weighted by molar-refractivity contribution is -0.155. The summed E-state index contributed by atoms with van der Waals surface area (Å²) >= 11 is 0. The minimum absolute atomic E-state index is 0.00232. The molecule has 0 N–H and O–H groups in total. The Morgan fingerprint density at radius 1 is 0.867 bits per heavy atom. The van der Waals surface area contributed by atoms with E-state index in [1.807, 2.05) is 0 Å². The molecule has 0 unspecified atom stereocenters. The highest BCUT2D eigenvalue weighted by Crippen LogP contribution is 2.27. The number of ether oxygens (including phenoxy) is 1. The average Bonchev–Trinajstić information content (AvgIpc) is 2.98. The Bertz CT molecular complexity index is 564. The van der Waals surface area contributed by atoms with Crippen LogP contribution in [0.1, 0.15) is 48.0 Å². The zero-order valence-electron chi connectivity index (χ0n) is 20.3. The molecule has 3 rings (SSSR count). The number of rotatable bonds is 6. The Kier molecular flexibility index (Phi) is 7.83. The van der Waals surface area contributed by atoms with E-state index < -0.39 is 0 Å². The smallest absolute Gasteiger partial charge is 0.238 e. The second kappa shape index (κ2) is 9.82. The summed E-state index contributed by atoms with van der Waals surface area (Å²) in [6.07, 6.45) is 1.04. The summed E-state index contributed by atoms with van der Waals surface area (Å²) in [6.45, 7) is 24.9. The van der Waals surface area contributed by atoms with Gasteiger partial charge in [0, 0.05) is 77.1 Å². The molecule has 0 saturated carbocycles. The number of hydrogen-bond donors (Lipinski definition) is 0. The standard InChI is InChI=1S/C23H45N5O2/c1-20(2)25-11-9-24(10-12-25)19-22(3,4)27-13-14-28(21(29)18-27)23(5,6)26-8-7-16-30-17-15-26/h20H,7-19H2,1-6H3. The van der Waals surface area contributed by atoms with Crippen LogP contribution in [0, 0.1) is 0 Å². The molecule has 0 aromatic heterocycles. The molecular formula is C23H45N5O2. The van der Waals surface area contributed by atoms with E-state index in [1.54, 1.807) is 0 Å². The number of hydrogen-bond acceptors (Lipinski definition) is 6. The molecule has 3 saturated heterocycles. The van der Waals surface area contributed by atoms with E-state index in [0.717, 1.165) is 78.5 Å². The van der Waals surface area contributed by atoms with Gasteiger partial charge in [-0.25, -0.2) is 0 Å². The molecule has 0 spiro atoms. The number of nitrogens with zero attached hydrogens (tertiary/aromatic N) is 5. The summed E-state index contributed by atoms with van der Waals surface area (Å²) in [7, 11) is 0. The molecular weight excluding hydrogens is 378 g/mol. The Morgan fingerprint density at radius 3 is 2.20 bits per heavy atom. The molecule has 3 aliphatic rings. The van der Waals surface area contributed by atoms with Crippen molar-refractivity contribution in [3.63, 3.8) is 0 Å². The van der Waals surface area contributed by atoms with Crippen molar-refractivity contribution in [3.05, 3.63) is 0 Å². The predicted octanol–water partition coefficient (Wildman–Crippen LogP) is 1.39. The second-order valence-electron chi connectivity index (χ2n) is 10.6. The highest BCUT2D eigenvalue weighted by Gasteiger charge is 2.42. The van der Waals surface area contributed by atoms with E-state index in [-0.39, 0.29) is 17.1 Å². The first kappa shape index (κ1) is 23.9. The molecule has 3 aliphatic heterocycles. The maximum absolute atomic E-state index is 13.2. The number of carbonyl (C=O) groups is 1. The van der Waals surface area contributed by atoms with Gasteiger partial charge in [-0.15, -0.1) is 0 Å². The first-order chi connectivity index (χ1) is 14.1. The van der Waals surface area contributed by atoms with Crippen molar-refractivity contribution in [3.8, 4) is 0 Å². The molecule has 0 aromatic carbocycles. The molecule has 3 heterocycles. The van der Waals surface area contributed by atoms with E-state index in [2.05, 4.69) is 66.0 Å². The molecule has 0 aliphatic carbocycles. The third-order valence-corrected chi connectivity index (χ3v) is 7.48. The third-order valence-electron chi connectivity index (χ3n) is 7.48. The molecule has 7 nitrogen and oxygen atoms in total. The molecule has 0 aromatic rings. The zero-order chi connectivity index (χ0) is 21.9. The van der Waals surface area contributed by atoms with E-state index in [4.69, 9.17) is 4.74 Å². The van der Waals surface area contributed by atoms with Crippen LogP contribution in [0.25, 0.3) is 0 Å². The van der Waals surface area contributed by atoms with Crippen LogP contribution in [-0.2, 0) is 9.53 Å². The quantitative estimate of drug-likeness (QED) is 0.643. The summed E-state index contributed by atoms with van der Waals surface area (Å²) < 4.78 is 5.63. The lowest BCUT2D eigenvalue weighted by Gasteiger charge is -2.52. The van der Waals surface area contributed by atoms with Gasteiger partial charge >= 0.3 is 0 Å². The lowest BCUT2D eigenvalue weighted by Crippen LogP contribution is -2.67. The van der Waals surface area contributed by atoms with Gasteiger partial charge in [0.1, 0.15) is 0 Å². The van der Waals surface area contributed by atoms with Gasteiger partial charge in [0.2, 0.25) is 5.91 Å². The summed E-state index contributed by atoms with van der Waals surface area (Å²) in [4.78, 5) is 25.3. The maximum atomic E-state index is 13.2. The molecule has 7 heteroatoms. The molecule has 0 radical (unpaired) electrons. The van der Waals surface area contributed by atoms with Crippen molar-refractivity contribution < 1.29 is 9.53 Å². The second-order valence-corrected chi connectivity index (χ2v) is 10.6. The van der Waals surface area contributed by atoms with Crippen molar-refractivity contribution in [1.82, 2.24) is 24.5 Å². The minimum atomic E-state index is -0.256. The average molecular weight is 424 g/mol. The number of amides is 1. The van der Waals surface area contributed by atoms with Crippen LogP contribution < -0.4 is 0 Å². The van der Waals surface area contributed by atoms with Gasteiger partial charge in [-0.1, -0.05) is 0 Å². The van der Waals surface area contributed by atoms with Crippen LogP contribution in [-0.4, -0.2) is 126 Å². The highest BCUT2D eigenvalue weighted by molar-refractivity contribution is 5.79. The Labute approximate surface area is 184 Å².